The second-order valence-electron chi connectivity index (χ2n) is 29.7. The van der Waals surface area contributed by atoms with Crippen LogP contribution in [0.1, 0.15) is 175 Å². The summed E-state index contributed by atoms with van der Waals surface area (Å²) >= 11 is 6.04. The number of alkyl halides is 1. The van der Waals surface area contributed by atoms with Gasteiger partial charge in [-0.3, -0.25) is 24.3 Å². The molecule has 2 aliphatic carbocycles. The van der Waals surface area contributed by atoms with Gasteiger partial charge in [-0.1, -0.05) is 78.9 Å². The lowest BCUT2D eigenvalue weighted by atomic mass is 9.91. The molecule has 0 unspecified atom stereocenters. The number of hydrogen-bond acceptors (Lipinski definition) is 12. The van der Waals surface area contributed by atoms with Crippen molar-refractivity contribution < 1.29 is 55.9 Å². The summed E-state index contributed by atoms with van der Waals surface area (Å²) in [6.07, 6.45) is 12.4. The highest BCUT2D eigenvalue weighted by Crippen LogP contribution is 2.47. The molecule has 8 aromatic carbocycles. The molecule has 3 heterocycles. The quantitative estimate of drug-likeness (QED) is 0.0361. The number of halogens is 4. The molecule has 0 bridgehead atoms. The highest BCUT2D eigenvalue weighted by Gasteiger charge is 2.37. The van der Waals surface area contributed by atoms with E-state index >= 15 is 8.78 Å². The van der Waals surface area contributed by atoms with E-state index in [1.807, 2.05) is 60.7 Å². The van der Waals surface area contributed by atoms with Crippen LogP contribution < -0.4 is 23.7 Å². The van der Waals surface area contributed by atoms with Crippen LogP contribution in [-0.4, -0.2) is 98.4 Å². The molecule has 558 valence electrons. The lowest BCUT2D eigenvalue weighted by molar-refractivity contribution is -0.142. The lowest BCUT2D eigenvalue weighted by Gasteiger charge is -2.27. The zero-order chi connectivity index (χ0) is 74.4. The normalized spacial score (nSPS) is 20.1. The molecule has 8 aromatic rings. The predicted octanol–water partition coefficient (Wildman–Crippen LogP) is 20.6. The Morgan fingerprint density at radius 2 is 0.695 bits per heavy atom. The topological polar surface area (TPSA) is 108 Å². The van der Waals surface area contributed by atoms with Crippen molar-refractivity contribution in [1.82, 2.24) is 14.7 Å². The van der Waals surface area contributed by atoms with Crippen LogP contribution in [-0.2, 0) is 57.8 Å². The Hall–Kier alpha value is -8.34. The number of methoxy groups -OCH3 is 5. The third-order valence-corrected chi connectivity index (χ3v) is 22.8. The van der Waals surface area contributed by atoms with Crippen molar-refractivity contribution in [2.75, 3.05) is 35.5 Å². The van der Waals surface area contributed by atoms with Crippen LogP contribution in [0.5, 0.6) is 28.7 Å². The largest absolute Gasteiger partial charge is 0.497 e. The molecule has 3 aliphatic heterocycles. The third kappa shape index (κ3) is 20.0. The highest BCUT2D eigenvalue weighted by atomic mass is 35.5. The lowest BCUT2D eigenvalue weighted by Crippen LogP contribution is -2.32. The molecule has 0 aromatic heterocycles. The molecule has 0 radical (unpaired) electrons. The van der Waals surface area contributed by atoms with Gasteiger partial charge in [0.15, 0.2) is 0 Å². The van der Waals surface area contributed by atoms with Crippen LogP contribution in [0.25, 0.3) is 33.4 Å². The van der Waals surface area contributed by atoms with Crippen LogP contribution in [0.4, 0.5) is 13.2 Å². The summed E-state index contributed by atoms with van der Waals surface area (Å²) in [5, 5.41) is 0. The minimum absolute atomic E-state index is 0.157. The highest BCUT2D eigenvalue weighted by molar-refractivity contribution is 6.17. The van der Waals surface area contributed by atoms with Crippen molar-refractivity contribution in [3.05, 3.63) is 220 Å². The number of likely N-dealkylation sites (tertiary alicyclic amines) is 3. The van der Waals surface area contributed by atoms with E-state index in [0.29, 0.717) is 114 Å². The molecule has 16 heteroatoms. The van der Waals surface area contributed by atoms with E-state index in [2.05, 4.69) is 98.7 Å². The summed E-state index contributed by atoms with van der Waals surface area (Å²) in [5.41, 5.74) is 13.0. The first-order chi connectivity index (χ1) is 50.7. The van der Waals surface area contributed by atoms with E-state index in [1.54, 1.807) is 57.7 Å². The molecular weight excluding hydrogens is 1350 g/mol. The van der Waals surface area contributed by atoms with Gasteiger partial charge in [-0.05, 0) is 269 Å². The molecule has 5 fully saturated rings. The second kappa shape index (κ2) is 36.3. The number of ether oxygens (including phenoxy) is 7. The van der Waals surface area contributed by atoms with Crippen LogP contribution in [0.2, 0.25) is 0 Å². The van der Waals surface area contributed by atoms with E-state index in [4.69, 9.17) is 44.8 Å². The van der Waals surface area contributed by atoms with Crippen molar-refractivity contribution in [2.24, 2.45) is 11.8 Å². The summed E-state index contributed by atoms with van der Waals surface area (Å²) in [6, 6.07) is 52.3. The Morgan fingerprint density at radius 1 is 0.381 bits per heavy atom. The van der Waals surface area contributed by atoms with Gasteiger partial charge in [-0.15, -0.1) is 11.6 Å². The van der Waals surface area contributed by atoms with Gasteiger partial charge in [0, 0.05) is 78.5 Å². The maximum atomic E-state index is 15.1. The predicted molar refractivity (Wildman–Crippen MR) is 412 cm³/mol. The molecule has 12 nitrogen and oxygen atoms in total. The molecular formula is C89H105ClF3N3O9. The number of benzene rings is 8. The molecule has 0 spiro atoms. The number of carbonyl (C=O) groups is 2. The fourth-order valence-corrected chi connectivity index (χ4v) is 16.0. The standard InChI is InChI=1S/2C34H40FNO4.C21H25ClFNO/c2*1-22-8-9-23(2)36(22)20-27-16-24(10-14-30(27)32-18-28(38-3)13-15-33(32)35)21-40-29-7-5-6-26(17-29)31(25-11-12-25)19-34(37)39-4;1-14-4-5-15(2)24(14)13-17-10-16(12-22)6-8-19(17)20-11-18(25-3)7-9-21(20)23/h2*5-7,10,13-18,22-23,25,31H,8-9,11-12,19-21H2,1-4H3;6-11,14-15H,4-5,12-13H2,1-3H3/t22-,23-,31+;22-,23-,31-;14-,15-/m111/s1. The Kier molecular flexibility index (Phi) is 26.9. The van der Waals surface area contributed by atoms with E-state index < -0.39 is 0 Å². The average Bonchev–Trinajstić information content (AvgIpc) is 1.79. The van der Waals surface area contributed by atoms with Crippen LogP contribution in [0, 0.1) is 29.3 Å². The Bertz CT molecular complexity index is 4020. The Morgan fingerprint density at radius 3 is 0.990 bits per heavy atom. The first-order valence-corrected chi connectivity index (χ1v) is 38.1. The molecule has 5 aliphatic rings. The monoisotopic (exact) mass is 1450 g/mol. The van der Waals surface area contributed by atoms with Gasteiger partial charge in [0.1, 0.15) is 59.4 Å². The summed E-state index contributed by atoms with van der Waals surface area (Å²) in [7, 11) is 7.69. The van der Waals surface area contributed by atoms with Crippen molar-refractivity contribution in [3.8, 4) is 62.1 Å². The minimum Gasteiger partial charge on any atom is -0.497 e. The van der Waals surface area contributed by atoms with Gasteiger partial charge in [-0.25, -0.2) is 13.2 Å². The third-order valence-electron chi connectivity index (χ3n) is 22.5. The molecule has 13 rings (SSSR count). The molecule has 105 heavy (non-hydrogen) atoms. The first kappa shape index (κ1) is 77.8. The minimum atomic E-state index is -0.262. The van der Waals surface area contributed by atoms with Crippen molar-refractivity contribution in [2.45, 2.75) is 205 Å². The summed E-state index contributed by atoms with van der Waals surface area (Å²) in [5.74, 6) is 4.19. The molecule has 8 atom stereocenters. The maximum absolute atomic E-state index is 15.1. The van der Waals surface area contributed by atoms with E-state index in [9.17, 15) is 14.0 Å². The van der Waals surface area contributed by atoms with Gasteiger partial charge < -0.3 is 33.2 Å². The van der Waals surface area contributed by atoms with Gasteiger partial charge in [0.05, 0.1) is 48.4 Å². The maximum Gasteiger partial charge on any atom is 0.306 e. The Labute approximate surface area is 625 Å². The smallest absolute Gasteiger partial charge is 0.306 e. The van der Waals surface area contributed by atoms with Gasteiger partial charge in [0.2, 0.25) is 0 Å². The summed E-state index contributed by atoms with van der Waals surface area (Å²) < 4.78 is 83.1. The van der Waals surface area contributed by atoms with Gasteiger partial charge in [0.25, 0.3) is 0 Å². The average molecular weight is 1450 g/mol. The number of hydrogen-bond donors (Lipinski definition) is 0. The first-order valence-electron chi connectivity index (χ1n) is 37.5. The number of rotatable bonds is 27. The fourth-order valence-electron chi connectivity index (χ4n) is 15.8. The van der Waals surface area contributed by atoms with E-state index in [-0.39, 0.29) is 41.2 Å². The van der Waals surface area contributed by atoms with Crippen molar-refractivity contribution in [3.63, 3.8) is 0 Å². The van der Waals surface area contributed by atoms with Gasteiger partial charge >= 0.3 is 11.9 Å². The Balaban J connectivity index is 0.000000162. The zero-order valence-electron chi connectivity index (χ0n) is 63.0. The SMILES string of the molecule is COC(=O)C[C@@H](c1cccc(OCc2ccc(-c3cc(OC)ccc3F)c(CN3[C@H](C)CC[C@H]3C)c2)c1)C1CC1.COC(=O)C[C@H](c1cccc(OCc2ccc(-c3cc(OC)ccc3F)c(CN3[C@H](C)CC[C@H]3C)c2)c1)C1CC1.COc1ccc(F)c(-c2ccc(CCl)cc2CN2[C@H](C)CC[C@H]2C)c1. The second-order valence-corrected chi connectivity index (χ2v) is 29.9. The van der Waals surface area contributed by atoms with E-state index in [1.165, 1.54) is 70.9 Å². The molecule has 2 saturated carbocycles. The number of carbonyl (C=O) groups excluding carboxylic acids is 2. The van der Waals surface area contributed by atoms with Crippen LogP contribution in [0.3, 0.4) is 0 Å². The number of nitrogens with zero attached hydrogens (tertiary/aromatic N) is 3. The molecule has 0 amide bonds. The number of esters is 2. The summed E-state index contributed by atoms with van der Waals surface area (Å²) in [4.78, 5) is 31.5. The van der Waals surface area contributed by atoms with Crippen molar-refractivity contribution in [1.29, 1.82) is 0 Å². The summed E-state index contributed by atoms with van der Waals surface area (Å²) in [6.45, 7) is 16.7. The fraction of sp³-hybridized carbons (Fsp3) is 0.438. The van der Waals surface area contributed by atoms with Crippen LogP contribution >= 0.6 is 11.6 Å². The zero-order valence-corrected chi connectivity index (χ0v) is 63.8. The molecule has 3 saturated heterocycles. The van der Waals surface area contributed by atoms with E-state index in [0.717, 1.165) is 118 Å². The van der Waals surface area contributed by atoms with Crippen LogP contribution in [0.15, 0.2) is 158 Å². The van der Waals surface area contributed by atoms with Gasteiger partial charge in [-0.2, -0.15) is 0 Å². The van der Waals surface area contributed by atoms with Crippen molar-refractivity contribution >= 4 is 23.5 Å². The molecule has 0 N–H and O–H groups in total.